The van der Waals surface area contributed by atoms with Crippen LogP contribution in [-0.4, -0.2) is 22.9 Å². The van der Waals surface area contributed by atoms with Crippen molar-refractivity contribution in [2.45, 2.75) is 50.2 Å². The number of thioether (sulfide) groups is 1. The number of carboxylic acid groups (broad SMARTS) is 1. The molecule has 1 atom stereocenters. The average molecular weight is 435 g/mol. The number of hydrogen-bond donors (Lipinski definition) is 2. The lowest BCUT2D eigenvalue weighted by atomic mass is 9.83. The van der Waals surface area contributed by atoms with Gasteiger partial charge in [-0.05, 0) is 60.7 Å². The van der Waals surface area contributed by atoms with Gasteiger partial charge in [0, 0.05) is 16.0 Å². The van der Waals surface area contributed by atoms with Crippen LogP contribution >= 0.6 is 39.3 Å². The number of rotatable bonds is 5. The van der Waals surface area contributed by atoms with Gasteiger partial charge in [0.25, 0.3) is 5.24 Å². The topological polar surface area (TPSA) is 66.4 Å². The number of benzene rings is 1. The molecular weight excluding hydrogens is 414 g/mol. The molecule has 1 amide bonds. The van der Waals surface area contributed by atoms with Crippen molar-refractivity contribution in [3.05, 3.63) is 32.8 Å². The van der Waals surface area contributed by atoms with Crippen molar-refractivity contribution in [2.75, 3.05) is 6.54 Å². The van der Waals surface area contributed by atoms with Gasteiger partial charge in [-0.15, -0.1) is 0 Å². The molecule has 1 aromatic carbocycles. The zero-order chi connectivity index (χ0) is 17.7. The minimum Gasteiger partial charge on any atom is -0.480 e. The maximum Gasteiger partial charge on any atom is 0.321 e. The summed E-state index contributed by atoms with van der Waals surface area (Å²) in [6, 6.07) is 3.49. The van der Waals surface area contributed by atoms with Gasteiger partial charge in [-0.25, -0.2) is 0 Å². The first kappa shape index (κ1) is 19.6. The van der Waals surface area contributed by atoms with E-state index in [2.05, 4.69) is 21.2 Å². The van der Waals surface area contributed by atoms with E-state index in [1.165, 1.54) is 19.3 Å². The lowest BCUT2D eigenvalue weighted by molar-refractivity contribution is -0.136. The second-order valence-corrected chi connectivity index (χ2v) is 8.23. The van der Waals surface area contributed by atoms with Gasteiger partial charge in [-0.1, -0.05) is 46.8 Å². The van der Waals surface area contributed by atoms with Crippen molar-refractivity contribution in [3.8, 4) is 0 Å². The van der Waals surface area contributed by atoms with Crippen LogP contribution in [0.1, 0.15) is 61.3 Å². The van der Waals surface area contributed by atoms with Gasteiger partial charge in [0.05, 0.1) is 0 Å². The molecule has 0 radical (unpaired) electrons. The monoisotopic (exact) mass is 433 g/mol. The van der Waals surface area contributed by atoms with Crippen LogP contribution < -0.4 is 5.32 Å². The first-order valence-corrected chi connectivity index (χ1v) is 10.1. The number of nitrogens with one attached hydrogen (secondary N) is 1. The summed E-state index contributed by atoms with van der Waals surface area (Å²) in [5.74, 6) is -0.645. The largest absolute Gasteiger partial charge is 0.480 e. The lowest BCUT2D eigenvalue weighted by Gasteiger charge is -2.25. The van der Waals surface area contributed by atoms with E-state index in [0.29, 0.717) is 23.0 Å². The maximum atomic E-state index is 11.8. The van der Waals surface area contributed by atoms with Crippen molar-refractivity contribution >= 4 is 50.5 Å². The van der Waals surface area contributed by atoms with E-state index in [9.17, 15) is 14.7 Å². The standard InChI is InChI=1S/C17H21BrClNO3S/c1-2-20-17(23)24-15(16(21)22)11-8-12(18)14(13(19)9-11)10-6-4-3-5-7-10/h8-10,15H,2-7H2,1H3,(H,20,23)(H,21,22). The highest BCUT2D eigenvalue weighted by atomic mass is 79.9. The van der Waals surface area contributed by atoms with Gasteiger partial charge in [-0.3, -0.25) is 9.59 Å². The fourth-order valence-electron chi connectivity index (χ4n) is 3.09. The van der Waals surface area contributed by atoms with Gasteiger partial charge in [0.15, 0.2) is 0 Å². The molecular formula is C17H21BrClNO3S. The molecule has 4 nitrogen and oxygen atoms in total. The third-order valence-corrected chi connectivity index (χ3v) is 6.22. The van der Waals surface area contributed by atoms with Crippen molar-refractivity contribution in [3.63, 3.8) is 0 Å². The molecule has 0 bridgehead atoms. The van der Waals surface area contributed by atoms with Crippen molar-refractivity contribution in [1.82, 2.24) is 5.32 Å². The molecule has 24 heavy (non-hydrogen) atoms. The quantitative estimate of drug-likeness (QED) is 0.620. The summed E-state index contributed by atoms with van der Waals surface area (Å²) >= 11 is 10.8. The van der Waals surface area contributed by atoms with Crippen LogP contribution in [0, 0.1) is 0 Å². The van der Waals surface area contributed by atoms with Crippen molar-refractivity contribution in [1.29, 1.82) is 0 Å². The van der Waals surface area contributed by atoms with Crippen molar-refractivity contribution in [2.24, 2.45) is 0 Å². The van der Waals surface area contributed by atoms with E-state index in [4.69, 9.17) is 11.6 Å². The molecule has 132 valence electrons. The Labute approximate surface area is 159 Å². The molecule has 0 heterocycles. The Morgan fingerprint density at radius 1 is 1.38 bits per heavy atom. The summed E-state index contributed by atoms with van der Waals surface area (Å²) in [5, 5.41) is 11.3. The lowest BCUT2D eigenvalue weighted by Crippen LogP contribution is -2.21. The molecule has 1 saturated carbocycles. The number of halogens is 2. The molecule has 1 aliphatic carbocycles. The Hall–Kier alpha value is -0.720. The molecule has 7 heteroatoms. The van der Waals surface area contributed by atoms with E-state index in [0.717, 1.165) is 34.6 Å². The summed E-state index contributed by atoms with van der Waals surface area (Å²) < 4.78 is 0.833. The average Bonchev–Trinajstić information content (AvgIpc) is 2.53. The Balaban J connectivity index is 2.29. The minimum atomic E-state index is -1.06. The number of aliphatic carboxylic acids is 1. The molecule has 1 aromatic rings. The molecule has 0 aromatic heterocycles. The summed E-state index contributed by atoms with van der Waals surface area (Å²) in [5.41, 5.74) is 1.59. The smallest absolute Gasteiger partial charge is 0.321 e. The van der Waals surface area contributed by atoms with E-state index >= 15 is 0 Å². The van der Waals surface area contributed by atoms with Crippen LogP contribution in [-0.2, 0) is 4.79 Å². The van der Waals surface area contributed by atoms with Gasteiger partial charge >= 0.3 is 5.97 Å². The third kappa shape index (κ3) is 4.90. The SMILES string of the molecule is CCNC(=O)SC(C(=O)O)c1cc(Cl)c(C2CCCCC2)c(Br)c1. The number of hydrogen-bond acceptors (Lipinski definition) is 3. The zero-order valence-electron chi connectivity index (χ0n) is 13.5. The highest BCUT2D eigenvalue weighted by Crippen LogP contribution is 2.43. The van der Waals surface area contributed by atoms with Gasteiger partial charge < -0.3 is 10.4 Å². The third-order valence-electron chi connectivity index (χ3n) is 4.19. The van der Waals surface area contributed by atoms with Gasteiger partial charge in [0.1, 0.15) is 5.25 Å². The maximum absolute atomic E-state index is 11.8. The fourth-order valence-corrected chi connectivity index (χ4v) is 5.20. The van der Waals surface area contributed by atoms with Gasteiger partial charge in [-0.2, -0.15) is 0 Å². The highest BCUT2D eigenvalue weighted by molar-refractivity contribution is 9.10. The summed E-state index contributed by atoms with van der Waals surface area (Å²) in [7, 11) is 0. The summed E-state index contributed by atoms with van der Waals surface area (Å²) in [6.45, 7) is 2.25. The van der Waals surface area contributed by atoms with E-state index in [1.807, 2.05) is 0 Å². The van der Waals surface area contributed by atoms with Crippen LogP contribution in [0.2, 0.25) is 5.02 Å². The normalized spacial score (nSPS) is 16.6. The minimum absolute atomic E-state index is 0.353. The van der Waals surface area contributed by atoms with E-state index in [1.54, 1.807) is 19.1 Å². The Morgan fingerprint density at radius 2 is 2.04 bits per heavy atom. The Morgan fingerprint density at radius 3 is 2.58 bits per heavy atom. The molecule has 1 aliphatic rings. The number of carbonyl (C=O) groups excluding carboxylic acids is 1. The second kappa shape index (κ2) is 9.11. The van der Waals surface area contributed by atoms with Crippen LogP contribution in [0.15, 0.2) is 16.6 Å². The number of carboxylic acids is 1. The highest BCUT2D eigenvalue weighted by Gasteiger charge is 2.27. The van der Waals surface area contributed by atoms with Crippen LogP contribution in [0.25, 0.3) is 0 Å². The molecule has 0 spiro atoms. The molecule has 1 fully saturated rings. The van der Waals surface area contributed by atoms with E-state index < -0.39 is 11.2 Å². The number of carbonyl (C=O) groups is 2. The Kier molecular flexibility index (Phi) is 7.44. The molecule has 2 rings (SSSR count). The molecule has 0 saturated heterocycles. The second-order valence-electron chi connectivity index (χ2n) is 5.89. The predicted molar refractivity (Wildman–Crippen MR) is 102 cm³/mol. The van der Waals surface area contributed by atoms with Crippen molar-refractivity contribution < 1.29 is 14.7 Å². The molecule has 1 unspecified atom stereocenters. The zero-order valence-corrected chi connectivity index (χ0v) is 16.6. The Bertz CT molecular complexity index is 597. The van der Waals surface area contributed by atoms with Crippen LogP contribution in [0.3, 0.4) is 0 Å². The fraction of sp³-hybridized carbons (Fsp3) is 0.529. The molecule has 2 N–H and O–H groups in total. The molecule has 0 aliphatic heterocycles. The number of amides is 1. The summed E-state index contributed by atoms with van der Waals surface area (Å²) in [4.78, 5) is 23.3. The van der Waals surface area contributed by atoms with Crippen LogP contribution in [0.4, 0.5) is 4.79 Å². The first-order chi connectivity index (χ1) is 11.4. The van der Waals surface area contributed by atoms with Gasteiger partial charge in [0.2, 0.25) is 0 Å². The first-order valence-electron chi connectivity index (χ1n) is 8.10. The summed E-state index contributed by atoms with van der Waals surface area (Å²) in [6.07, 6.45) is 5.86. The van der Waals surface area contributed by atoms with Crippen LogP contribution in [0.5, 0.6) is 0 Å². The predicted octanol–water partition coefficient (Wildman–Crippen LogP) is 5.74. The van der Waals surface area contributed by atoms with E-state index in [-0.39, 0.29) is 5.24 Å².